The summed E-state index contributed by atoms with van der Waals surface area (Å²) in [5.41, 5.74) is 0.673. The van der Waals surface area contributed by atoms with Crippen LogP contribution in [0.5, 0.6) is 11.5 Å². The lowest BCUT2D eigenvalue weighted by atomic mass is 9.83. The Kier molecular flexibility index (Phi) is 4.56. The number of hydrogen-bond acceptors (Lipinski definition) is 5. The normalized spacial score (nSPS) is 22.0. The minimum Gasteiger partial charge on any atom is -0.497 e. The van der Waals surface area contributed by atoms with Crippen molar-refractivity contribution < 1.29 is 29.3 Å². The number of carbonyl (C=O) groups excluding carboxylic acids is 1. The number of benzene rings is 1. The maximum absolute atomic E-state index is 12.1. The van der Waals surface area contributed by atoms with Crippen molar-refractivity contribution in [3.8, 4) is 11.5 Å². The summed E-state index contributed by atoms with van der Waals surface area (Å²) in [6.45, 7) is 1.52. The van der Waals surface area contributed by atoms with Gasteiger partial charge in [-0.1, -0.05) is 0 Å². The standard InChI is InChI=1S/C15H19NO6/c1-8(17)12-13(15(19)20)16(14(12)18)7-9-4-5-10(21-2)6-11(9)22-3/h4-6,8,12-13,17H,7H2,1-3H3,(H,19,20)/t8-,12?,13?/m1/s1. The lowest BCUT2D eigenvalue weighted by Crippen LogP contribution is -2.66. The van der Waals surface area contributed by atoms with Gasteiger partial charge in [0.1, 0.15) is 17.5 Å². The maximum atomic E-state index is 12.1. The SMILES string of the molecule is COc1ccc(CN2C(=O)C([C@@H](C)O)C2C(=O)O)c(OC)c1. The zero-order valence-corrected chi connectivity index (χ0v) is 12.6. The fourth-order valence-corrected chi connectivity index (χ4v) is 2.67. The molecule has 2 N–H and O–H groups in total. The second-order valence-electron chi connectivity index (χ2n) is 5.19. The lowest BCUT2D eigenvalue weighted by Gasteiger charge is -2.45. The van der Waals surface area contributed by atoms with E-state index in [9.17, 15) is 19.8 Å². The summed E-state index contributed by atoms with van der Waals surface area (Å²) in [6.07, 6.45) is -0.998. The van der Waals surface area contributed by atoms with Gasteiger partial charge in [-0.3, -0.25) is 4.79 Å². The summed E-state index contributed by atoms with van der Waals surface area (Å²) in [6, 6.07) is 4.07. The number of rotatable bonds is 6. The first-order valence-corrected chi connectivity index (χ1v) is 6.83. The van der Waals surface area contributed by atoms with Crippen LogP contribution in [0, 0.1) is 5.92 Å². The monoisotopic (exact) mass is 309 g/mol. The van der Waals surface area contributed by atoms with Crippen LogP contribution in [0.3, 0.4) is 0 Å². The first kappa shape index (κ1) is 16.1. The molecule has 1 aromatic carbocycles. The lowest BCUT2D eigenvalue weighted by molar-refractivity contribution is -0.178. The highest BCUT2D eigenvalue weighted by molar-refractivity contribution is 5.97. The molecule has 1 heterocycles. The smallest absolute Gasteiger partial charge is 0.327 e. The van der Waals surface area contributed by atoms with Crippen molar-refractivity contribution in [2.45, 2.75) is 25.6 Å². The fraction of sp³-hybridized carbons (Fsp3) is 0.467. The van der Waals surface area contributed by atoms with Crippen LogP contribution in [0.25, 0.3) is 0 Å². The fourth-order valence-electron chi connectivity index (χ4n) is 2.67. The van der Waals surface area contributed by atoms with Gasteiger partial charge in [-0.25, -0.2) is 4.79 Å². The van der Waals surface area contributed by atoms with Crippen molar-refractivity contribution in [3.63, 3.8) is 0 Å². The molecule has 1 aliphatic heterocycles. The number of β-lactam (4-membered cyclic amide) rings is 1. The Bertz CT molecular complexity index is 585. The largest absolute Gasteiger partial charge is 0.497 e. The van der Waals surface area contributed by atoms with Crippen LogP contribution in [-0.4, -0.2) is 53.4 Å². The van der Waals surface area contributed by atoms with Crippen LogP contribution in [-0.2, 0) is 16.1 Å². The van der Waals surface area contributed by atoms with Gasteiger partial charge in [-0.2, -0.15) is 0 Å². The Morgan fingerprint density at radius 2 is 2.05 bits per heavy atom. The number of ether oxygens (including phenoxy) is 2. The first-order valence-electron chi connectivity index (χ1n) is 6.83. The number of aliphatic hydroxyl groups excluding tert-OH is 1. The Labute approximate surface area is 128 Å². The zero-order valence-electron chi connectivity index (χ0n) is 12.6. The zero-order chi connectivity index (χ0) is 16.4. The van der Waals surface area contributed by atoms with E-state index in [0.717, 1.165) is 0 Å². The highest BCUT2D eigenvalue weighted by Crippen LogP contribution is 2.34. The van der Waals surface area contributed by atoms with Crippen molar-refractivity contribution in [2.24, 2.45) is 5.92 Å². The number of methoxy groups -OCH3 is 2. The maximum Gasteiger partial charge on any atom is 0.327 e. The van der Waals surface area contributed by atoms with E-state index in [1.165, 1.54) is 26.0 Å². The molecule has 0 spiro atoms. The molecule has 1 saturated heterocycles. The highest BCUT2D eigenvalue weighted by Gasteiger charge is 2.53. The van der Waals surface area contributed by atoms with Crippen LogP contribution in [0.4, 0.5) is 0 Å². The number of amides is 1. The number of aliphatic carboxylic acids is 1. The third kappa shape index (κ3) is 2.71. The van der Waals surface area contributed by atoms with E-state index in [1.54, 1.807) is 18.2 Å². The topological polar surface area (TPSA) is 96.3 Å². The third-order valence-corrected chi connectivity index (χ3v) is 3.85. The molecular weight excluding hydrogens is 290 g/mol. The Morgan fingerprint density at radius 3 is 2.55 bits per heavy atom. The molecule has 0 saturated carbocycles. The number of carbonyl (C=O) groups is 2. The van der Waals surface area contributed by atoms with Gasteiger partial charge in [0.25, 0.3) is 0 Å². The summed E-state index contributed by atoms with van der Waals surface area (Å²) < 4.78 is 10.3. The van der Waals surface area contributed by atoms with Gasteiger partial charge in [0.2, 0.25) is 5.91 Å². The molecule has 1 amide bonds. The molecule has 7 nitrogen and oxygen atoms in total. The molecule has 22 heavy (non-hydrogen) atoms. The van der Waals surface area contributed by atoms with E-state index >= 15 is 0 Å². The summed E-state index contributed by atoms with van der Waals surface area (Å²) in [5.74, 6) is -1.29. The molecule has 1 aromatic rings. The molecule has 0 radical (unpaired) electrons. The van der Waals surface area contributed by atoms with Crippen molar-refractivity contribution in [3.05, 3.63) is 23.8 Å². The quantitative estimate of drug-likeness (QED) is 0.743. The van der Waals surface area contributed by atoms with Gasteiger partial charge in [0.05, 0.1) is 32.8 Å². The second-order valence-corrected chi connectivity index (χ2v) is 5.19. The van der Waals surface area contributed by atoms with Crippen molar-refractivity contribution in [2.75, 3.05) is 14.2 Å². The average molecular weight is 309 g/mol. The van der Waals surface area contributed by atoms with Gasteiger partial charge in [0, 0.05) is 11.6 Å². The molecule has 0 bridgehead atoms. The number of likely N-dealkylation sites (tertiary alicyclic amines) is 1. The molecule has 120 valence electrons. The van der Waals surface area contributed by atoms with E-state index in [-0.39, 0.29) is 12.5 Å². The Morgan fingerprint density at radius 1 is 1.36 bits per heavy atom. The van der Waals surface area contributed by atoms with E-state index in [0.29, 0.717) is 17.1 Å². The van der Waals surface area contributed by atoms with Gasteiger partial charge >= 0.3 is 5.97 Å². The molecule has 0 aliphatic carbocycles. The summed E-state index contributed by atoms with van der Waals surface area (Å²) in [4.78, 5) is 24.6. The van der Waals surface area contributed by atoms with Crippen LogP contribution >= 0.6 is 0 Å². The van der Waals surface area contributed by atoms with Crippen molar-refractivity contribution in [1.82, 2.24) is 4.90 Å². The molecule has 2 rings (SSSR count). The van der Waals surface area contributed by atoms with Crippen LogP contribution < -0.4 is 9.47 Å². The highest BCUT2D eigenvalue weighted by atomic mass is 16.5. The van der Waals surface area contributed by atoms with E-state index in [2.05, 4.69) is 0 Å². The number of carboxylic acids is 1. The number of nitrogens with zero attached hydrogens (tertiary/aromatic N) is 1. The van der Waals surface area contributed by atoms with Gasteiger partial charge in [0.15, 0.2) is 0 Å². The number of carboxylic acid groups (broad SMARTS) is 1. The molecule has 1 aliphatic rings. The Balaban J connectivity index is 2.23. The molecule has 3 atom stereocenters. The average Bonchev–Trinajstić information content (AvgIpc) is 2.48. The van der Waals surface area contributed by atoms with E-state index < -0.39 is 24.0 Å². The predicted molar refractivity (Wildman–Crippen MR) is 76.7 cm³/mol. The summed E-state index contributed by atoms with van der Waals surface area (Å²) in [7, 11) is 3.02. The summed E-state index contributed by atoms with van der Waals surface area (Å²) >= 11 is 0. The third-order valence-electron chi connectivity index (χ3n) is 3.85. The van der Waals surface area contributed by atoms with Crippen molar-refractivity contribution >= 4 is 11.9 Å². The molecular formula is C15H19NO6. The van der Waals surface area contributed by atoms with E-state index in [4.69, 9.17) is 9.47 Å². The van der Waals surface area contributed by atoms with Crippen LogP contribution in [0.2, 0.25) is 0 Å². The van der Waals surface area contributed by atoms with Gasteiger partial charge in [-0.15, -0.1) is 0 Å². The molecule has 1 fully saturated rings. The Hall–Kier alpha value is -2.28. The number of hydrogen-bond donors (Lipinski definition) is 2. The molecule has 0 aromatic heterocycles. The molecule has 2 unspecified atom stereocenters. The first-order chi connectivity index (χ1) is 10.4. The molecule has 7 heteroatoms. The van der Waals surface area contributed by atoms with Gasteiger partial charge in [-0.05, 0) is 19.1 Å². The minimum atomic E-state index is -1.13. The number of aliphatic hydroxyl groups is 1. The van der Waals surface area contributed by atoms with E-state index in [1.807, 2.05) is 0 Å². The minimum absolute atomic E-state index is 0.103. The van der Waals surface area contributed by atoms with Gasteiger partial charge < -0.3 is 24.6 Å². The predicted octanol–water partition coefficient (Wildman–Crippen LogP) is 0.496. The van der Waals surface area contributed by atoms with Crippen LogP contribution in [0.15, 0.2) is 18.2 Å². The van der Waals surface area contributed by atoms with Crippen LogP contribution in [0.1, 0.15) is 12.5 Å². The second kappa shape index (κ2) is 6.23. The summed E-state index contributed by atoms with van der Waals surface area (Å²) in [5, 5.41) is 18.8. The van der Waals surface area contributed by atoms with Crippen molar-refractivity contribution in [1.29, 1.82) is 0 Å².